The Hall–Kier alpha value is -3.80. The number of methoxy groups -OCH3 is 3. The third kappa shape index (κ3) is 3.59. The fourth-order valence-corrected chi connectivity index (χ4v) is 3.35. The van der Waals surface area contributed by atoms with Crippen molar-refractivity contribution in [3.05, 3.63) is 66.2 Å². The molecule has 0 fully saturated rings. The maximum absolute atomic E-state index is 5.49. The number of aryl methyl sites for hydroxylation is 1. The molecule has 6 nitrogen and oxygen atoms in total. The summed E-state index contributed by atoms with van der Waals surface area (Å²) < 4.78 is 16.4. The van der Waals surface area contributed by atoms with E-state index >= 15 is 0 Å². The summed E-state index contributed by atoms with van der Waals surface area (Å²) in [5, 5.41) is 4.41. The number of ether oxygens (including phenoxy) is 3. The molecule has 0 spiro atoms. The molecule has 152 valence electrons. The molecule has 0 aliphatic heterocycles. The van der Waals surface area contributed by atoms with Gasteiger partial charge in [-0.05, 0) is 42.8 Å². The van der Waals surface area contributed by atoms with Crippen LogP contribution in [0.3, 0.4) is 0 Å². The third-order valence-electron chi connectivity index (χ3n) is 4.92. The number of fused-ring (bicyclic) bond motifs is 1. The summed E-state index contributed by atoms with van der Waals surface area (Å²) in [4.78, 5) is 9.61. The first-order valence-electron chi connectivity index (χ1n) is 9.54. The van der Waals surface area contributed by atoms with Gasteiger partial charge >= 0.3 is 0 Å². The van der Waals surface area contributed by atoms with Gasteiger partial charge in [0.2, 0.25) is 5.75 Å². The highest BCUT2D eigenvalue weighted by Crippen LogP contribution is 2.41. The lowest BCUT2D eigenvalue weighted by atomic mass is 10.1. The van der Waals surface area contributed by atoms with Crippen LogP contribution in [0.2, 0.25) is 0 Å². The normalized spacial score (nSPS) is 10.7. The van der Waals surface area contributed by atoms with Gasteiger partial charge in [-0.3, -0.25) is 0 Å². The predicted molar refractivity (Wildman–Crippen MR) is 119 cm³/mol. The average molecular weight is 401 g/mol. The van der Waals surface area contributed by atoms with Crippen LogP contribution in [0.1, 0.15) is 5.56 Å². The van der Waals surface area contributed by atoms with Crippen LogP contribution in [0.25, 0.3) is 22.3 Å². The Balaban J connectivity index is 1.90. The van der Waals surface area contributed by atoms with E-state index in [0.29, 0.717) is 23.1 Å². The lowest BCUT2D eigenvalue weighted by Gasteiger charge is -2.15. The molecule has 1 heterocycles. The number of rotatable bonds is 6. The van der Waals surface area contributed by atoms with E-state index in [9.17, 15) is 0 Å². The van der Waals surface area contributed by atoms with Crippen molar-refractivity contribution >= 4 is 22.4 Å². The molecule has 1 N–H and O–H groups in total. The van der Waals surface area contributed by atoms with Gasteiger partial charge in [0, 0.05) is 16.6 Å². The van der Waals surface area contributed by atoms with E-state index in [1.54, 1.807) is 21.3 Å². The van der Waals surface area contributed by atoms with Gasteiger partial charge in [-0.2, -0.15) is 0 Å². The summed E-state index contributed by atoms with van der Waals surface area (Å²) in [5.41, 5.74) is 3.74. The van der Waals surface area contributed by atoms with Crippen molar-refractivity contribution < 1.29 is 14.2 Å². The standard InChI is InChI=1S/C24H23N3O3/c1-15-9-5-7-11-18(15)25-24-17-10-6-8-12-19(17)26-23(27-24)16-13-20(28-2)22(30-4)21(14-16)29-3/h5-14H,1-4H3,(H,25,26,27). The quantitative estimate of drug-likeness (QED) is 0.468. The lowest BCUT2D eigenvalue weighted by Crippen LogP contribution is -2.01. The predicted octanol–water partition coefficient (Wildman–Crippen LogP) is 5.37. The summed E-state index contributed by atoms with van der Waals surface area (Å²) in [5.74, 6) is 2.93. The highest BCUT2D eigenvalue weighted by atomic mass is 16.5. The van der Waals surface area contributed by atoms with Gasteiger partial charge in [0.15, 0.2) is 17.3 Å². The molecule has 0 unspecified atom stereocenters. The van der Waals surface area contributed by atoms with Gasteiger partial charge in [0.1, 0.15) is 5.82 Å². The molecule has 1 aromatic heterocycles. The van der Waals surface area contributed by atoms with Gasteiger partial charge in [-0.15, -0.1) is 0 Å². The van der Waals surface area contributed by atoms with Gasteiger partial charge in [0.25, 0.3) is 0 Å². The number of hydrogen-bond acceptors (Lipinski definition) is 6. The third-order valence-corrected chi connectivity index (χ3v) is 4.92. The number of anilines is 2. The SMILES string of the molecule is COc1cc(-c2nc(Nc3ccccc3C)c3ccccc3n2)cc(OC)c1OC. The summed E-state index contributed by atoms with van der Waals surface area (Å²) in [6.07, 6.45) is 0. The second-order valence-electron chi connectivity index (χ2n) is 6.77. The van der Waals surface area contributed by atoms with E-state index in [1.807, 2.05) is 54.6 Å². The molecule has 0 radical (unpaired) electrons. The molecule has 0 atom stereocenters. The molecule has 4 rings (SSSR count). The van der Waals surface area contributed by atoms with Crippen molar-refractivity contribution in [2.24, 2.45) is 0 Å². The van der Waals surface area contributed by atoms with E-state index < -0.39 is 0 Å². The summed E-state index contributed by atoms with van der Waals surface area (Å²) in [6, 6.07) is 19.7. The molecule has 0 bridgehead atoms. The Morgan fingerprint density at radius 2 is 1.43 bits per heavy atom. The van der Waals surface area contributed by atoms with Crippen LogP contribution in [0.4, 0.5) is 11.5 Å². The van der Waals surface area contributed by atoms with E-state index in [4.69, 9.17) is 24.2 Å². The van der Waals surface area contributed by atoms with Crippen molar-refractivity contribution in [3.63, 3.8) is 0 Å². The van der Waals surface area contributed by atoms with Crippen molar-refractivity contribution in [1.29, 1.82) is 0 Å². The van der Waals surface area contributed by atoms with Crippen LogP contribution < -0.4 is 19.5 Å². The van der Waals surface area contributed by atoms with Crippen LogP contribution in [-0.4, -0.2) is 31.3 Å². The van der Waals surface area contributed by atoms with Gasteiger partial charge in [-0.1, -0.05) is 30.3 Å². The molecule has 0 aliphatic rings. The van der Waals surface area contributed by atoms with Crippen LogP contribution in [0, 0.1) is 6.92 Å². The van der Waals surface area contributed by atoms with Gasteiger partial charge < -0.3 is 19.5 Å². The number of hydrogen-bond donors (Lipinski definition) is 1. The van der Waals surface area contributed by atoms with Crippen LogP contribution in [0.5, 0.6) is 17.2 Å². The lowest BCUT2D eigenvalue weighted by molar-refractivity contribution is 0.324. The zero-order chi connectivity index (χ0) is 21.1. The molecule has 30 heavy (non-hydrogen) atoms. The van der Waals surface area contributed by atoms with E-state index in [-0.39, 0.29) is 0 Å². The molecule has 4 aromatic rings. The zero-order valence-electron chi connectivity index (χ0n) is 17.4. The molecule has 0 amide bonds. The average Bonchev–Trinajstić information content (AvgIpc) is 2.79. The topological polar surface area (TPSA) is 65.5 Å². The summed E-state index contributed by atoms with van der Waals surface area (Å²) >= 11 is 0. The minimum atomic E-state index is 0.530. The Bertz CT molecular complexity index is 1180. The van der Waals surface area contributed by atoms with Crippen molar-refractivity contribution in [2.75, 3.05) is 26.6 Å². The molecular weight excluding hydrogens is 378 g/mol. The number of benzene rings is 3. The van der Waals surface area contributed by atoms with Crippen molar-refractivity contribution in [3.8, 4) is 28.6 Å². The Morgan fingerprint density at radius 3 is 2.10 bits per heavy atom. The van der Waals surface area contributed by atoms with Crippen LogP contribution in [0.15, 0.2) is 60.7 Å². The fourth-order valence-electron chi connectivity index (χ4n) is 3.35. The number of aromatic nitrogens is 2. The Labute approximate surface area is 175 Å². The fraction of sp³-hybridized carbons (Fsp3) is 0.167. The van der Waals surface area contributed by atoms with E-state index in [2.05, 4.69) is 18.3 Å². The second-order valence-corrected chi connectivity index (χ2v) is 6.77. The summed E-state index contributed by atoms with van der Waals surface area (Å²) in [7, 11) is 4.76. The summed E-state index contributed by atoms with van der Waals surface area (Å²) in [6.45, 7) is 2.06. The first-order chi connectivity index (χ1) is 14.6. The number of nitrogens with zero attached hydrogens (tertiary/aromatic N) is 2. The molecular formula is C24H23N3O3. The van der Waals surface area contributed by atoms with Gasteiger partial charge in [0.05, 0.1) is 26.8 Å². The molecule has 6 heteroatoms. The maximum Gasteiger partial charge on any atom is 0.203 e. The maximum atomic E-state index is 5.49. The van der Waals surface area contributed by atoms with E-state index in [0.717, 1.165) is 33.5 Å². The molecule has 0 saturated heterocycles. The molecule has 3 aromatic carbocycles. The second kappa shape index (κ2) is 8.29. The first-order valence-corrected chi connectivity index (χ1v) is 9.54. The minimum absolute atomic E-state index is 0.530. The minimum Gasteiger partial charge on any atom is -0.493 e. The van der Waals surface area contributed by atoms with Crippen LogP contribution >= 0.6 is 0 Å². The van der Waals surface area contributed by atoms with Crippen molar-refractivity contribution in [2.45, 2.75) is 6.92 Å². The van der Waals surface area contributed by atoms with E-state index in [1.165, 1.54) is 0 Å². The highest BCUT2D eigenvalue weighted by Gasteiger charge is 2.17. The smallest absolute Gasteiger partial charge is 0.203 e. The monoisotopic (exact) mass is 401 g/mol. The number of nitrogens with one attached hydrogen (secondary N) is 1. The zero-order valence-corrected chi connectivity index (χ0v) is 17.4. The van der Waals surface area contributed by atoms with Crippen molar-refractivity contribution in [1.82, 2.24) is 9.97 Å². The van der Waals surface area contributed by atoms with Crippen LogP contribution in [-0.2, 0) is 0 Å². The number of para-hydroxylation sites is 2. The molecule has 0 aliphatic carbocycles. The Morgan fingerprint density at radius 1 is 0.767 bits per heavy atom. The molecule has 0 saturated carbocycles. The highest BCUT2D eigenvalue weighted by molar-refractivity contribution is 5.92. The van der Waals surface area contributed by atoms with Gasteiger partial charge in [-0.25, -0.2) is 9.97 Å². The Kier molecular flexibility index (Phi) is 5.39. The first kappa shape index (κ1) is 19.5. The largest absolute Gasteiger partial charge is 0.493 e.